The van der Waals surface area contributed by atoms with Crippen LogP contribution in [-0.2, 0) is 20.7 Å². The Morgan fingerprint density at radius 1 is 0.829 bits per heavy atom. The number of ketones is 1. The van der Waals surface area contributed by atoms with Crippen LogP contribution in [0.4, 0.5) is 0 Å². The van der Waals surface area contributed by atoms with Crippen LogP contribution in [0.3, 0.4) is 0 Å². The highest BCUT2D eigenvalue weighted by Gasteiger charge is 2.39. The average Bonchev–Trinajstić information content (AvgIpc) is 3.13. The summed E-state index contributed by atoms with van der Waals surface area (Å²) in [5.41, 5.74) is 0.950. The number of carbonyl (C=O) groups excluding carboxylic acids is 2. The summed E-state index contributed by atoms with van der Waals surface area (Å²) in [6.45, 7) is 7.26. The summed E-state index contributed by atoms with van der Waals surface area (Å²) >= 11 is 1.33. The van der Waals surface area contributed by atoms with Crippen LogP contribution in [0.15, 0.2) is 36.1 Å². The second-order valence-electron chi connectivity index (χ2n) is 9.94. The van der Waals surface area contributed by atoms with Crippen molar-refractivity contribution in [1.82, 2.24) is 0 Å². The quantitative estimate of drug-likeness (QED) is 0.168. The van der Waals surface area contributed by atoms with Crippen LogP contribution in [0.5, 0.6) is 5.75 Å². The predicted octanol–water partition coefficient (Wildman–Crippen LogP) is 8.22. The zero-order chi connectivity index (χ0) is 25.4. The van der Waals surface area contributed by atoms with Gasteiger partial charge in [0.05, 0.1) is 11.4 Å². The van der Waals surface area contributed by atoms with E-state index in [0.717, 1.165) is 37.2 Å². The summed E-state index contributed by atoms with van der Waals surface area (Å²) in [6, 6.07) is 7.77. The average molecular weight is 503 g/mol. The van der Waals surface area contributed by atoms with Crippen molar-refractivity contribution in [2.24, 2.45) is 0 Å². The van der Waals surface area contributed by atoms with Gasteiger partial charge >= 0.3 is 0 Å². The molecule has 0 radical (unpaired) electrons. The lowest BCUT2D eigenvalue weighted by Crippen LogP contribution is -2.24. The fraction of sp³-hybridized carbons (Fsp3) is 0.667. The van der Waals surface area contributed by atoms with E-state index < -0.39 is 0 Å². The summed E-state index contributed by atoms with van der Waals surface area (Å²) in [7, 11) is 0. The van der Waals surface area contributed by atoms with Crippen molar-refractivity contribution in [2.45, 2.75) is 115 Å². The highest BCUT2D eigenvalue weighted by atomic mass is 32.2. The minimum Gasteiger partial charge on any atom is -0.494 e. The Morgan fingerprint density at radius 3 is 2.09 bits per heavy atom. The maximum absolute atomic E-state index is 12.6. The smallest absolute Gasteiger partial charge is 0.216 e. The molecule has 0 spiro atoms. The molecular weight excluding hydrogens is 456 g/mol. The fourth-order valence-corrected chi connectivity index (χ4v) is 5.46. The van der Waals surface area contributed by atoms with Crippen LogP contribution < -0.4 is 4.74 Å². The molecule has 0 N–H and O–H groups in total. The van der Waals surface area contributed by atoms with E-state index in [1.807, 2.05) is 24.3 Å². The molecule has 0 saturated heterocycles. The normalized spacial score (nSPS) is 17.5. The summed E-state index contributed by atoms with van der Waals surface area (Å²) in [4.78, 5) is 24.6. The first-order valence-electron chi connectivity index (χ1n) is 13.8. The van der Waals surface area contributed by atoms with Crippen LogP contribution >= 0.6 is 11.8 Å². The highest BCUT2D eigenvalue weighted by molar-refractivity contribution is 8.15. The molecule has 5 heteroatoms. The predicted molar refractivity (Wildman–Crippen MR) is 147 cm³/mol. The van der Waals surface area contributed by atoms with Crippen molar-refractivity contribution >= 4 is 22.7 Å². The number of rotatable bonds is 20. The highest BCUT2D eigenvalue weighted by Crippen LogP contribution is 2.44. The maximum atomic E-state index is 12.6. The fourth-order valence-electron chi connectivity index (χ4n) is 4.39. The summed E-state index contributed by atoms with van der Waals surface area (Å²) in [5.74, 6) is 1.52. The Balaban J connectivity index is 1.69. The number of hydrogen-bond acceptors (Lipinski definition) is 5. The molecule has 0 amide bonds. The van der Waals surface area contributed by atoms with Gasteiger partial charge in [0.15, 0.2) is 5.78 Å². The van der Waals surface area contributed by atoms with Gasteiger partial charge in [-0.3, -0.25) is 9.59 Å². The second-order valence-corrected chi connectivity index (χ2v) is 11.5. The van der Waals surface area contributed by atoms with Gasteiger partial charge in [-0.25, -0.2) is 0 Å². The Hall–Kier alpha value is -1.75. The molecule has 1 heterocycles. The van der Waals surface area contributed by atoms with Crippen molar-refractivity contribution in [3.05, 3.63) is 41.7 Å². The van der Waals surface area contributed by atoms with Crippen LogP contribution in [0.2, 0.25) is 0 Å². The first-order chi connectivity index (χ1) is 17.0. The van der Waals surface area contributed by atoms with E-state index in [2.05, 4.69) is 20.8 Å². The molecule has 0 aromatic heterocycles. The topological polar surface area (TPSA) is 52.6 Å². The van der Waals surface area contributed by atoms with Gasteiger partial charge in [-0.2, -0.15) is 0 Å². The van der Waals surface area contributed by atoms with Gasteiger partial charge in [-0.05, 0) is 37.5 Å². The molecule has 0 saturated carbocycles. The molecule has 1 aliphatic rings. The van der Waals surface area contributed by atoms with Gasteiger partial charge in [0.1, 0.15) is 18.1 Å². The Labute approximate surface area is 217 Å². The molecule has 2 rings (SSSR count). The third-order valence-electron chi connectivity index (χ3n) is 6.58. The van der Waals surface area contributed by atoms with Gasteiger partial charge in [-0.1, -0.05) is 108 Å². The van der Waals surface area contributed by atoms with Crippen LogP contribution in [0.25, 0.3) is 0 Å². The molecule has 1 aromatic carbocycles. The Kier molecular flexibility index (Phi) is 14.2. The number of ether oxygens (including phenoxy) is 2. The number of Topliss-reactive ketones (excluding diaryl/α,β-unsaturated/α-hetero) is 1. The molecule has 196 valence electrons. The van der Waals surface area contributed by atoms with Gasteiger partial charge in [0.2, 0.25) is 5.12 Å². The maximum Gasteiger partial charge on any atom is 0.216 e. The first kappa shape index (κ1) is 29.5. The molecular formula is C30H46O4S. The number of thioether (sulfide) groups is 1. The molecule has 1 aromatic rings. The van der Waals surface area contributed by atoms with E-state index in [-0.39, 0.29) is 22.3 Å². The first-order valence-corrected chi connectivity index (χ1v) is 14.6. The molecule has 1 unspecified atom stereocenters. The molecule has 4 nitrogen and oxygen atoms in total. The van der Waals surface area contributed by atoms with Gasteiger partial charge in [0, 0.05) is 12.5 Å². The van der Waals surface area contributed by atoms with Gasteiger partial charge in [0.25, 0.3) is 0 Å². The SMILES string of the molecule is CCCCCCCCOc1ccc(CC(=O)COC2=CC(=O)SC2(C)CCCCCCCC)cc1. The largest absolute Gasteiger partial charge is 0.494 e. The third-order valence-corrected chi connectivity index (χ3v) is 7.76. The van der Waals surface area contributed by atoms with Crippen molar-refractivity contribution in [3.63, 3.8) is 0 Å². The number of unbranched alkanes of at least 4 members (excludes halogenated alkanes) is 10. The Morgan fingerprint density at radius 2 is 1.43 bits per heavy atom. The summed E-state index contributed by atoms with van der Waals surface area (Å²) in [6.07, 6.45) is 17.6. The van der Waals surface area contributed by atoms with Crippen LogP contribution in [0.1, 0.15) is 110 Å². The van der Waals surface area contributed by atoms with E-state index in [1.165, 1.54) is 76.0 Å². The molecule has 1 atom stereocenters. The lowest BCUT2D eigenvalue weighted by atomic mass is 9.99. The van der Waals surface area contributed by atoms with Gasteiger partial charge < -0.3 is 9.47 Å². The zero-order valence-corrected chi connectivity index (χ0v) is 23.1. The van der Waals surface area contributed by atoms with Crippen LogP contribution in [0, 0.1) is 0 Å². The van der Waals surface area contributed by atoms with Gasteiger partial charge in [-0.15, -0.1) is 0 Å². The second kappa shape index (κ2) is 16.8. The lowest BCUT2D eigenvalue weighted by Gasteiger charge is -2.26. The van der Waals surface area contributed by atoms with E-state index >= 15 is 0 Å². The molecule has 0 bridgehead atoms. The zero-order valence-electron chi connectivity index (χ0n) is 22.2. The van der Waals surface area contributed by atoms with Crippen LogP contribution in [-0.4, -0.2) is 28.9 Å². The minimum absolute atomic E-state index is 0.00203. The molecule has 0 aliphatic carbocycles. The number of carbonyl (C=O) groups is 2. The standard InChI is InChI=1S/C30H46O4S/c1-4-6-8-10-12-14-20-30(3)28(23-29(32)35-30)34-24-26(31)22-25-16-18-27(19-17-25)33-21-15-13-11-9-7-5-2/h16-19,23H,4-15,20-22,24H2,1-3H3. The van der Waals surface area contributed by atoms with Crippen molar-refractivity contribution in [2.75, 3.05) is 13.2 Å². The van der Waals surface area contributed by atoms with E-state index in [4.69, 9.17) is 9.47 Å². The molecule has 1 aliphatic heterocycles. The van der Waals surface area contributed by atoms with Crippen molar-refractivity contribution < 1.29 is 19.1 Å². The lowest BCUT2D eigenvalue weighted by molar-refractivity contribution is -0.122. The minimum atomic E-state index is -0.350. The van der Waals surface area contributed by atoms with Crippen molar-refractivity contribution in [1.29, 1.82) is 0 Å². The summed E-state index contributed by atoms with van der Waals surface area (Å²) < 4.78 is 11.4. The molecule has 0 fully saturated rings. The van der Waals surface area contributed by atoms with E-state index in [1.54, 1.807) is 6.08 Å². The Bertz CT molecular complexity index is 786. The van der Waals surface area contributed by atoms with Crippen molar-refractivity contribution in [3.8, 4) is 5.75 Å². The summed E-state index contributed by atoms with van der Waals surface area (Å²) in [5, 5.41) is 0.0254. The third kappa shape index (κ3) is 11.7. The molecule has 35 heavy (non-hydrogen) atoms. The number of benzene rings is 1. The van der Waals surface area contributed by atoms with E-state index in [9.17, 15) is 9.59 Å². The number of hydrogen-bond donors (Lipinski definition) is 0. The van der Waals surface area contributed by atoms with E-state index in [0.29, 0.717) is 12.2 Å². The monoisotopic (exact) mass is 502 g/mol.